The molecule has 3 aromatic rings. The van der Waals surface area contributed by atoms with Crippen molar-refractivity contribution in [2.75, 3.05) is 12.4 Å². The van der Waals surface area contributed by atoms with Gasteiger partial charge in [0.15, 0.2) is 0 Å². The van der Waals surface area contributed by atoms with Gasteiger partial charge in [0.05, 0.1) is 18.4 Å². The fraction of sp³-hybridized carbons (Fsp3) is 0.105. The van der Waals surface area contributed by atoms with Crippen molar-refractivity contribution < 1.29 is 9.18 Å². The first-order valence-corrected chi connectivity index (χ1v) is 9.01. The van der Waals surface area contributed by atoms with Gasteiger partial charge in [-0.3, -0.25) is 9.48 Å². The zero-order valence-corrected chi connectivity index (χ0v) is 15.5. The van der Waals surface area contributed by atoms with E-state index in [0.29, 0.717) is 22.9 Å². The van der Waals surface area contributed by atoms with Gasteiger partial charge in [0, 0.05) is 30.4 Å². The molecule has 3 rings (SSSR count). The predicted octanol–water partition coefficient (Wildman–Crippen LogP) is 3.53. The van der Waals surface area contributed by atoms with Gasteiger partial charge in [0.2, 0.25) is 0 Å². The van der Waals surface area contributed by atoms with E-state index in [9.17, 15) is 9.18 Å². The molecule has 0 aliphatic carbocycles. The number of carbonyl (C=O) groups is 1. The van der Waals surface area contributed by atoms with Crippen molar-refractivity contribution in [1.29, 1.82) is 0 Å². The molecular weight excluding hydrogens is 365 g/mol. The van der Waals surface area contributed by atoms with Gasteiger partial charge in [-0.05, 0) is 17.7 Å². The van der Waals surface area contributed by atoms with E-state index in [1.807, 2.05) is 0 Å². The highest BCUT2D eigenvalue weighted by Crippen LogP contribution is 2.20. The maximum absolute atomic E-state index is 13.0. The largest absolute Gasteiger partial charge is 0.393 e. The van der Waals surface area contributed by atoms with Crippen LogP contribution in [0.2, 0.25) is 0 Å². The lowest BCUT2D eigenvalue weighted by Crippen LogP contribution is -2.12. The maximum atomic E-state index is 13.0. The van der Waals surface area contributed by atoms with Crippen LogP contribution in [-0.2, 0) is 6.54 Å². The summed E-state index contributed by atoms with van der Waals surface area (Å²) in [6, 6.07) is 6.20. The van der Waals surface area contributed by atoms with E-state index in [2.05, 4.69) is 27.3 Å². The lowest BCUT2D eigenvalue weighted by atomic mass is 10.2. The van der Waals surface area contributed by atoms with E-state index in [1.54, 1.807) is 53.9 Å². The third-order valence-corrected chi connectivity index (χ3v) is 4.54. The van der Waals surface area contributed by atoms with Gasteiger partial charge in [-0.1, -0.05) is 24.8 Å². The highest BCUT2D eigenvalue weighted by molar-refractivity contribution is 7.11. The normalized spacial score (nSPS) is 11.3. The van der Waals surface area contributed by atoms with E-state index >= 15 is 0 Å². The average Bonchev–Trinajstić information content (AvgIpc) is 3.31. The summed E-state index contributed by atoms with van der Waals surface area (Å²) < 4.78 is 14.6. The van der Waals surface area contributed by atoms with Crippen LogP contribution in [0.15, 0.2) is 60.9 Å². The number of rotatable bonds is 7. The smallest absolute Gasteiger partial charge is 0.275 e. The zero-order valence-electron chi connectivity index (χ0n) is 14.6. The number of hydrogen-bond acceptors (Lipinski definition) is 5. The minimum absolute atomic E-state index is 0.279. The third kappa shape index (κ3) is 4.68. The van der Waals surface area contributed by atoms with Crippen LogP contribution in [0.3, 0.4) is 0 Å². The van der Waals surface area contributed by atoms with Crippen molar-refractivity contribution in [3.05, 3.63) is 83.0 Å². The van der Waals surface area contributed by atoms with Crippen LogP contribution >= 0.6 is 11.3 Å². The number of nitrogens with one attached hydrogen (secondary N) is 2. The van der Waals surface area contributed by atoms with Gasteiger partial charge in [-0.2, -0.15) is 5.10 Å². The molecule has 0 radical (unpaired) electrons. The monoisotopic (exact) mass is 383 g/mol. The first-order chi connectivity index (χ1) is 13.1. The predicted molar refractivity (Wildman–Crippen MR) is 105 cm³/mol. The molecule has 1 amide bonds. The second-order valence-electron chi connectivity index (χ2n) is 5.64. The lowest BCUT2D eigenvalue weighted by molar-refractivity contribution is 0.102. The molecular formula is C19H18FN5OS. The Labute approximate surface area is 160 Å². The number of benzene rings is 1. The first kappa shape index (κ1) is 18.5. The van der Waals surface area contributed by atoms with Crippen LogP contribution in [0.4, 0.5) is 10.1 Å². The molecule has 8 heteroatoms. The average molecular weight is 383 g/mol. The summed E-state index contributed by atoms with van der Waals surface area (Å²) in [6.07, 6.45) is 6.72. The molecule has 0 spiro atoms. The number of halogens is 1. The molecule has 0 aliphatic heterocycles. The summed E-state index contributed by atoms with van der Waals surface area (Å²) in [4.78, 5) is 16.7. The van der Waals surface area contributed by atoms with E-state index in [0.717, 1.165) is 11.1 Å². The minimum atomic E-state index is -0.313. The third-order valence-electron chi connectivity index (χ3n) is 3.65. The van der Waals surface area contributed by atoms with E-state index in [4.69, 9.17) is 0 Å². The molecule has 27 heavy (non-hydrogen) atoms. The molecule has 0 unspecified atom stereocenters. The topological polar surface area (TPSA) is 71.8 Å². The Morgan fingerprint density at radius 1 is 1.37 bits per heavy atom. The second-order valence-corrected chi connectivity index (χ2v) is 6.50. The fourth-order valence-electron chi connectivity index (χ4n) is 2.36. The van der Waals surface area contributed by atoms with E-state index < -0.39 is 0 Å². The van der Waals surface area contributed by atoms with Crippen molar-refractivity contribution in [3.63, 3.8) is 0 Å². The highest BCUT2D eigenvalue weighted by atomic mass is 32.1. The fourth-order valence-corrected chi connectivity index (χ4v) is 3.17. The first-order valence-electron chi connectivity index (χ1n) is 8.13. The molecule has 6 nitrogen and oxygen atoms in total. The molecule has 0 bridgehead atoms. The Bertz CT molecular complexity index is 974. The molecule has 2 N–H and O–H groups in total. The molecule has 1 aromatic carbocycles. The van der Waals surface area contributed by atoms with Crippen LogP contribution in [0.5, 0.6) is 0 Å². The van der Waals surface area contributed by atoms with Crippen molar-refractivity contribution in [2.45, 2.75) is 6.54 Å². The molecule has 0 fully saturated rings. The summed E-state index contributed by atoms with van der Waals surface area (Å²) in [5, 5.41) is 12.3. The summed E-state index contributed by atoms with van der Waals surface area (Å²) in [6.45, 7) is 4.23. The minimum Gasteiger partial charge on any atom is -0.393 e. The molecule has 0 saturated heterocycles. The Morgan fingerprint density at radius 2 is 2.15 bits per heavy atom. The number of allylic oxidation sites excluding steroid dienone is 2. The Morgan fingerprint density at radius 3 is 2.85 bits per heavy atom. The number of hydrogen-bond donors (Lipinski definition) is 2. The highest BCUT2D eigenvalue weighted by Gasteiger charge is 2.13. The van der Waals surface area contributed by atoms with Crippen LogP contribution in [0.25, 0.3) is 5.57 Å². The standard InChI is InChI=1S/C19H18FN5OS/c1-3-14(8-21-2)19-24-17(12-27-19)18(26)23-16-9-22-25(11-16)10-13-4-6-15(20)7-5-13/h3-9,11-12,21H,1,10H2,2H3,(H,23,26)/b14-8+. The lowest BCUT2D eigenvalue weighted by Gasteiger charge is -2.02. The van der Waals surface area contributed by atoms with Gasteiger partial charge < -0.3 is 10.6 Å². The summed E-state index contributed by atoms with van der Waals surface area (Å²) in [5.74, 6) is -0.592. The van der Waals surface area contributed by atoms with Crippen molar-refractivity contribution >= 4 is 28.5 Å². The maximum Gasteiger partial charge on any atom is 0.275 e. The number of anilines is 1. The zero-order chi connectivity index (χ0) is 19.2. The summed E-state index contributed by atoms with van der Waals surface area (Å²) >= 11 is 1.37. The number of amides is 1. The Kier molecular flexibility index (Phi) is 5.77. The van der Waals surface area contributed by atoms with E-state index in [1.165, 1.54) is 23.5 Å². The molecule has 2 heterocycles. The number of thiazole rings is 1. The number of nitrogens with zero attached hydrogens (tertiary/aromatic N) is 3. The van der Waals surface area contributed by atoms with Gasteiger partial charge in [0.25, 0.3) is 5.91 Å². The van der Waals surface area contributed by atoms with Crippen molar-refractivity contribution in [1.82, 2.24) is 20.1 Å². The van der Waals surface area contributed by atoms with Crippen molar-refractivity contribution in [2.24, 2.45) is 0 Å². The quantitative estimate of drug-likeness (QED) is 0.613. The van der Waals surface area contributed by atoms with Crippen LogP contribution in [0, 0.1) is 5.82 Å². The van der Waals surface area contributed by atoms with Crippen LogP contribution in [-0.4, -0.2) is 27.7 Å². The van der Waals surface area contributed by atoms with E-state index in [-0.39, 0.29) is 11.7 Å². The molecule has 138 valence electrons. The Hall–Kier alpha value is -3.26. The van der Waals surface area contributed by atoms with Crippen LogP contribution < -0.4 is 10.6 Å². The Balaban J connectivity index is 1.66. The summed E-state index contributed by atoms with van der Waals surface area (Å²) in [7, 11) is 1.79. The SMILES string of the molecule is C=C/C(=C\NC)c1nc(C(=O)Nc2cnn(Cc3ccc(F)cc3)c2)cs1. The number of carbonyl (C=O) groups excluding carboxylic acids is 1. The molecule has 2 aromatic heterocycles. The van der Waals surface area contributed by atoms with Crippen LogP contribution in [0.1, 0.15) is 21.1 Å². The van der Waals surface area contributed by atoms with Gasteiger partial charge in [-0.25, -0.2) is 9.37 Å². The molecule has 0 atom stereocenters. The molecule has 0 saturated carbocycles. The number of aromatic nitrogens is 3. The van der Waals surface area contributed by atoms with Gasteiger partial charge in [0.1, 0.15) is 16.5 Å². The molecule has 0 aliphatic rings. The van der Waals surface area contributed by atoms with Crippen molar-refractivity contribution in [3.8, 4) is 0 Å². The summed E-state index contributed by atoms with van der Waals surface area (Å²) in [5.41, 5.74) is 2.61. The van der Waals surface area contributed by atoms with Gasteiger partial charge in [-0.15, -0.1) is 11.3 Å². The second kappa shape index (κ2) is 8.41. The van der Waals surface area contributed by atoms with Gasteiger partial charge >= 0.3 is 0 Å².